The van der Waals surface area contributed by atoms with Crippen molar-refractivity contribution in [2.24, 2.45) is 23.7 Å². The predicted molar refractivity (Wildman–Crippen MR) is 112 cm³/mol. The van der Waals surface area contributed by atoms with Gasteiger partial charge in [0, 0.05) is 11.5 Å². The predicted octanol–water partition coefficient (Wildman–Crippen LogP) is 6.63. The number of fused-ring (bicyclic) bond motifs is 1. The molecular weight excluding hydrogens is 332 g/mol. The van der Waals surface area contributed by atoms with Gasteiger partial charge in [-0.2, -0.15) is 0 Å². The summed E-state index contributed by atoms with van der Waals surface area (Å²) in [5.41, 5.74) is 4.49. The second kappa shape index (κ2) is 7.66. The zero-order valence-electron chi connectivity index (χ0n) is 17.9. The van der Waals surface area contributed by atoms with Crippen LogP contribution in [-0.4, -0.2) is 5.97 Å². The Labute approximate surface area is 164 Å². The number of rotatable bonds is 5. The number of hydrogen-bond donors (Lipinski definition) is 0. The van der Waals surface area contributed by atoms with E-state index in [1.165, 1.54) is 5.57 Å². The van der Waals surface area contributed by atoms with E-state index in [0.29, 0.717) is 29.6 Å². The molecule has 146 valence electrons. The summed E-state index contributed by atoms with van der Waals surface area (Å²) in [6.07, 6.45) is 5.64. The molecule has 0 amide bonds. The van der Waals surface area contributed by atoms with Crippen LogP contribution in [0, 0.1) is 23.7 Å². The van der Waals surface area contributed by atoms with Crippen molar-refractivity contribution >= 4 is 5.97 Å². The van der Waals surface area contributed by atoms with Crippen LogP contribution in [0.3, 0.4) is 0 Å². The summed E-state index contributed by atoms with van der Waals surface area (Å²) in [5, 5.41) is 0. The van der Waals surface area contributed by atoms with Crippen LogP contribution in [-0.2, 0) is 4.79 Å². The first-order valence-corrected chi connectivity index (χ1v) is 10.5. The van der Waals surface area contributed by atoms with Gasteiger partial charge < -0.3 is 4.74 Å². The maximum Gasteiger partial charge on any atom is 0.339 e. The number of carbonyl (C=O) groups excluding carboxylic acids is 1. The summed E-state index contributed by atoms with van der Waals surface area (Å²) in [6.45, 7) is 15.3. The van der Waals surface area contributed by atoms with Crippen molar-refractivity contribution in [1.29, 1.82) is 0 Å². The van der Waals surface area contributed by atoms with Crippen LogP contribution in [0.2, 0.25) is 0 Å². The summed E-state index contributed by atoms with van der Waals surface area (Å²) in [6, 6.07) is 6.24. The maximum absolute atomic E-state index is 13.3. The van der Waals surface area contributed by atoms with Crippen molar-refractivity contribution in [2.45, 2.75) is 66.7 Å². The van der Waals surface area contributed by atoms with Gasteiger partial charge in [0.25, 0.3) is 0 Å². The Hall–Kier alpha value is -1.83. The largest absolute Gasteiger partial charge is 0.423 e. The average molecular weight is 367 g/mol. The minimum Gasteiger partial charge on any atom is -0.423 e. The van der Waals surface area contributed by atoms with Crippen molar-refractivity contribution in [3.05, 3.63) is 52.6 Å². The Bertz CT molecular complexity index is 753. The summed E-state index contributed by atoms with van der Waals surface area (Å²) < 4.78 is 6.12. The van der Waals surface area contributed by atoms with E-state index in [1.807, 2.05) is 0 Å². The van der Waals surface area contributed by atoms with E-state index in [1.54, 1.807) is 0 Å². The Morgan fingerprint density at radius 3 is 2.07 bits per heavy atom. The van der Waals surface area contributed by atoms with Crippen LogP contribution in [0.4, 0.5) is 0 Å². The Morgan fingerprint density at radius 2 is 1.59 bits per heavy atom. The van der Waals surface area contributed by atoms with Crippen LogP contribution >= 0.6 is 0 Å². The molecule has 2 heteroatoms. The molecule has 2 nitrogen and oxygen atoms in total. The van der Waals surface area contributed by atoms with Crippen LogP contribution in [0.25, 0.3) is 0 Å². The van der Waals surface area contributed by atoms with E-state index < -0.39 is 0 Å². The van der Waals surface area contributed by atoms with Gasteiger partial charge >= 0.3 is 5.97 Å². The maximum atomic E-state index is 13.3. The van der Waals surface area contributed by atoms with Gasteiger partial charge in [0.2, 0.25) is 0 Å². The molecule has 1 aromatic carbocycles. The van der Waals surface area contributed by atoms with Gasteiger partial charge in [0.1, 0.15) is 5.75 Å². The highest BCUT2D eigenvalue weighted by Gasteiger charge is 2.40. The molecule has 0 aliphatic heterocycles. The molecule has 0 spiro atoms. The number of hydrogen-bond acceptors (Lipinski definition) is 2. The van der Waals surface area contributed by atoms with Gasteiger partial charge in [-0.1, -0.05) is 77.5 Å². The molecule has 0 saturated heterocycles. The zero-order chi connectivity index (χ0) is 19.9. The Kier molecular flexibility index (Phi) is 5.65. The first kappa shape index (κ1) is 19.9. The van der Waals surface area contributed by atoms with Gasteiger partial charge in [-0.3, -0.25) is 0 Å². The van der Waals surface area contributed by atoms with Gasteiger partial charge in [-0.25, -0.2) is 4.79 Å². The van der Waals surface area contributed by atoms with Crippen LogP contribution in [0.5, 0.6) is 5.75 Å². The molecule has 0 N–H and O–H groups in total. The third-order valence-corrected chi connectivity index (χ3v) is 6.36. The standard InChI is InChI=1S/C25H34O2/c1-14(2)19-9-8-10-20(15(3)4)24(19)27-25(26)23-13-18-12-21(16(5)6)22(23)11-17(18)7/h8-11,13-16,18,21-22H,12H2,1-7H3/t18?,21-,22?/m1/s1. The van der Waals surface area contributed by atoms with Crippen molar-refractivity contribution < 1.29 is 9.53 Å². The number of benzene rings is 1. The van der Waals surface area contributed by atoms with Crippen molar-refractivity contribution in [3.8, 4) is 5.75 Å². The monoisotopic (exact) mass is 366 g/mol. The van der Waals surface area contributed by atoms with Gasteiger partial charge in [0.05, 0.1) is 0 Å². The number of para-hydroxylation sites is 1. The lowest BCUT2D eigenvalue weighted by Crippen LogP contribution is -2.36. The Balaban J connectivity index is 1.94. The van der Waals surface area contributed by atoms with Crippen molar-refractivity contribution in [1.82, 2.24) is 0 Å². The van der Waals surface area contributed by atoms with E-state index >= 15 is 0 Å². The highest BCUT2D eigenvalue weighted by atomic mass is 16.5. The summed E-state index contributed by atoms with van der Waals surface area (Å²) >= 11 is 0. The molecule has 27 heavy (non-hydrogen) atoms. The number of carbonyl (C=O) groups is 1. The topological polar surface area (TPSA) is 26.3 Å². The summed E-state index contributed by atoms with van der Waals surface area (Å²) in [5.74, 6) is 2.91. The van der Waals surface area contributed by atoms with Gasteiger partial charge in [-0.05, 0) is 54.1 Å². The average Bonchev–Trinajstić information content (AvgIpc) is 2.61. The SMILES string of the molecule is CC1=CC2C(C(=O)Oc3c(C(C)C)cccc3C(C)C)=CC1C[C@@H]2C(C)C. The molecule has 3 aliphatic rings. The van der Waals surface area contributed by atoms with Crippen molar-refractivity contribution in [3.63, 3.8) is 0 Å². The molecular formula is C25H34O2. The summed E-state index contributed by atoms with van der Waals surface area (Å²) in [7, 11) is 0. The first-order chi connectivity index (χ1) is 12.7. The lowest BCUT2D eigenvalue weighted by Gasteiger charge is -2.41. The fourth-order valence-electron chi connectivity index (χ4n) is 4.65. The zero-order valence-corrected chi connectivity index (χ0v) is 17.9. The highest BCUT2D eigenvalue weighted by molar-refractivity contribution is 5.92. The third-order valence-electron chi connectivity index (χ3n) is 6.36. The smallest absolute Gasteiger partial charge is 0.339 e. The quantitative estimate of drug-likeness (QED) is 0.332. The lowest BCUT2D eigenvalue weighted by molar-refractivity contribution is -0.131. The highest BCUT2D eigenvalue weighted by Crippen LogP contribution is 2.47. The molecule has 0 radical (unpaired) electrons. The van der Waals surface area contributed by atoms with E-state index in [2.05, 4.69) is 78.8 Å². The molecule has 0 aromatic heterocycles. The third kappa shape index (κ3) is 3.77. The second-order valence-corrected chi connectivity index (χ2v) is 9.27. The first-order valence-electron chi connectivity index (χ1n) is 10.5. The number of allylic oxidation sites excluding steroid dienone is 3. The van der Waals surface area contributed by atoms with Gasteiger partial charge in [-0.15, -0.1) is 0 Å². The Morgan fingerprint density at radius 1 is 1.00 bits per heavy atom. The lowest BCUT2D eigenvalue weighted by atomic mass is 9.63. The molecule has 0 heterocycles. The molecule has 1 aromatic rings. The molecule has 4 rings (SSSR count). The van der Waals surface area contributed by atoms with E-state index in [0.717, 1.165) is 28.9 Å². The normalized spacial score (nSPS) is 24.4. The minimum atomic E-state index is -0.158. The molecule has 3 atom stereocenters. The summed E-state index contributed by atoms with van der Waals surface area (Å²) in [4.78, 5) is 13.3. The molecule has 0 saturated carbocycles. The van der Waals surface area contributed by atoms with E-state index in [-0.39, 0.29) is 11.9 Å². The fraction of sp³-hybridized carbons (Fsp3) is 0.560. The molecule has 2 unspecified atom stereocenters. The molecule has 3 aliphatic carbocycles. The van der Waals surface area contributed by atoms with Crippen LogP contribution in [0.1, 0.15) is 77.8 Å². The second-order valence-electron chi connectivity index (χ2n) is 9.27. The van der Waals surface area contributed by atoms with E-state index in [4.69, 9.17) is 4.74 Å². The van der Waals surface area contributed by atoms with E-state index in [9.17, 15) is 4.79 Å². The fourth-order valence-corrected chi connectivity index (χ4v) is 4.65. The minimum absolute atomic E-state index is 0.158. The molecule has 2 bridgehead atoms. The number of esters is 1. The van der Waals surface area contributed by atoms with Crippen molar-refractivity contribution in [2.75, 3.05) is 0 Å². The van der Waals surface area contributed by atoms with Crippen LogP contribution < -0.4 is 4.74 Å². The number of ether oxygens (including phenoxy) is 1. The molecule has 0 fully saturated rings. The van der Waals surface area contributed by atoms with Gasteiger partial charge in [0.15, 0.2) is 0 Å². The van der Waals surface area contributed by atoms with Crippen LogP contribution in [0.15, 0.2) is 41.5 Å².